The molecule has 2 N–H and O–H groups in total. The molecule has 17 heavy (non-hydrogen) atoms. The van der Waals surface area contributed by atoms with Gasteiger partial charge in [-0.15, -0.1) is 0 Å². The van der Waals surface area contributed by atoms with Crippen LogP contribution in [0.3, 0.4) is 0 Å². The van der Waals surface area contributed by atoms with Crippen LogP contribution in [0.25, 0.3) is 0 Å². The molecule has 0 aromatic heterocycles. The Kier molecular flexibility index (Phi) is 4.40. The summed E-state index contributed by atoms with van der Waals surface area (Å²) < 4.78 is 5.65. The van der Waals surface area contributed by atoms with Crippen molar-refractivity contribution in [2.75, 3.05) is 19.7 Å². The maximum absolute atomic E-state index is 5.92. The van der Waals surface area contributed by atoms with Crippen LogP contribution in [0.15, 0.2) is 24.3 Å². The van der Waals surface area contributed by atoms with Crippen LogP contribution in [-0.2, 0) is 6.54 Å². The van der Waals surface area contributed by atoms with Gasteiger partial charge in [0.2, 0.25) is 0 Å². The Labute approximate surface area is 104 Å². The summed E-state index contributed by atoms with van der Waals surface area (Å²) in [5, 5.41) is 0. The topological polar surface area (TPSA) is 38.5 Å². The first-order valence-electron chi connectivity index (χ1n) is 6.48. The molecule has 2 rings (SSSR count). The molecule has 0 radical (unpaired) electrons. The van der Waals surface area contributed by atoms with E-state index >= 15 is 0 Å². The summed E-state index contributed by atoms with van der Waals surface area (Å²) in [6, 6.07) is 8.70. The first-order chi connectivity index (χ1) is 8.29. The molecule has 94 valence electrons. The van der Waals surface area contributed by atoms with E-state index < -0.39 is 0 Å². The first-order valence-corrected chi connectivity index (χ1v) is 6.48. The van der Waals surface area contributed by atoms with E-state index in [4.69, 9.17) is 10.5 Å². The molecule has 3 nitrogen and oxygen atoms in total. The third kappa shape index (κ3) is 3.45. The number of hydrogen-bond acceptors (Lipinski definition) is 3. The summed E-state index contributed by atoms with van der Waals surface area (Å²) in [4.78, 5) is 2.46. The number of piperidine rings is 1. The minimum Gasteiger partial charge on any atom is -0.494 e. The van der Waals surface area contributed by atoms with Crippen LogP contribution < -0.4 is 10.5 Å². The van der Waals surface area contributed by atoms with Crippen LogP contribution >= 0.6 is 0 Å². The van der Waals surface area contributed by atoms with Gasteiger partial charge >= 0.3 is 0 Å². The van der Waals surface area contributed by atoms with Crippen molar-refractivity contribution >= 4 is 0 Å². The Morgan fingerprint density at radius 2 is 2.00 bits per heavy atom. The molecule has 0 amide bonds. The standard InChI is InChI=1S/C14H22N2O/c1-2-17-14-6-4-3-5-12(14)11-16-9-7-13(15)8-10-16/h3-6,13H,2,7-11,15H2,1H3. The molecule has 1 heterocycles. The van der Waals surface area contributed by atoms with Crippen molar-refractivity contribution in [3.8, 4) is 5.75 Å². The predicted molar refractivity (Wildman–Crippen MR) is 70.1 cm³/mol. The second-order valence-corrected chi connectivity index (χ2v) is 4.65. The summed E-state index contributed by atoms with van der Waals surface area (Å²) in [6.45, 7) is 5.92. The quantitative estimate of drug-likeness (QED) is 0.866. The second-order valence-electron chi connectivity index (χ2n) is 4.65. The molecular weight excluding hydrogens is 212 g/mol. The van der Waals surface area contributed by atoms with Crippen LogP contribution in [0.1, 0.15) is 25.3 Å². The van der Waals surface area contributed by atoms with Crippen molar-refractivity contribution < 1.29 is 4.74 Å². The van der Waals surface area contributed by atoms with Crippen molar-refractivity contribution in [1.82, 2.24) is 4.90 Å². The molecule has 1 fully saturated rings. The fourth-order valence-electron chi connectivity index (χ4n) is 2.28. The molecule has 0 spiro atoms. The van der Waals surface area contributed by atoms with Gasteiger partial charge in [0.15, 0.2) is 0 Å². The number of benzene rings is 1. The summed E-state index contributed by atoms with van der Waals surface area (Å²) >= 11 is 0. The molecule has 3 heteroatoms. The fourth-order valence-corrected chi connectivity index (χ4v) is 2.28. The van der Waals surface area contributed by atoms with Gasteiger partial charge < -0.3 is 10.5 Å². The van der Waals surface area contributed by atoms with Crippen LogP contribution in [0.5, 0.6) is 5.75 Å². The molecule has 1 saturated heterocycles. The molecule has 0 saturated carbocycles. The van der Waals surface area contributed by atoms with Crippen LogP contribution in [-0.4, -0.2) is 30.6 Å². The average molecular weight is 234 g/mol. The Morgan fingerprint density at radius 1 is 1.29 bits per heavy atom. The third-order valence-corrected chi connectivity index (χ3v) is 3.30. The lowest BCUT2D eigenvalue weighted by atomic mass is 10.1. The monoisotopic (exact) mass is 234 g/mol. The average Bonchev–Trinajstić information content (AvgIpc) is 2.35. The zero-order valence-electron chi connectivity index (χ0n) is 10.6. The smallest absolute Gasteiger partial charge is 0.123 e. The normalized spacial score (nSPS) is 18.2. The van der Waals surface area contributed by atoms with Crippen LogP contribution in [0, 0.1) is 0 Å². The summed E-state index contributed by atoms with van der Waals surface area (Å²) in [5.74, 6) is 1.02. The molecule has 0 aliphatic carbocycles. The predicted octanol–water partition coefficient (Wildman–Crippen LogP) is 2.01. The highest BCUT2D eigenvalue weighted by Gasteiger charge is 2.17. The minimum atomic E-state index is 0.397. The number of ether oxygens (including phenoxy) is 1. The summed E-state index contributed by atoms with van der Waals surface area (Å²) in [5.41, 5.74) is 7.20. The van der Waals surface area contributed by atoms with Crippen molar-refractivity contribution in [1.29, 1.82) is 0 Å². The summed E-state index contributed by atoms with van der Waals surface area (Å²) in [6.07, 6.45) is 2.22. The molecule has 1 aliphatic heterocycles. The highest BCUT2D eigenvalue weighted by atomic mass is 16.5. The maximum Gasteiger partial charge on any atom is 0.123 e. The first kappa shape index (κ1) is 12.4. The van der Waals surface area contributed by atoms with Gasteiger partial charge in [-0.3, -0.25) is 4.90 Å². The Morgan fingerprint density at radius 3 is 2.71 bits per heavy atom. The molecule has 1 aromatic rings. The number of nitrogens with zero attached hydrogens (tertiary/aromatic N) is 1. The van der Waals surface area contributed by atoms with Gasteiger partial charge in [-0.05, 0) is 38.9 Å². The van der Waals surface area contributed by atoms with Gasteiger partial charge in [0, 0.05) is 18.2 Å². The molecule has 1 aromatic carbocycles. The molecule has 1 aliphatic rings. The SMILES string of the molecule is CCOc1ccccc1CN1CCC(N)CC1. The van der Waals surface area contributed by atoms with Gasteiger partial charge in [-0.2, -0.15) is 0 Å². The van der Waals surface area contributed by atoms with Crippen molar-refractivity contribution in [3.63, 3.8) is 0 Å². The Hall–Kier alpha value is -1.06. The van der Waals surface area contributed by atoms with E-state index in [1.54, 1.807) is 0 Å². The van der Waals surface area contributed by atoms with Crippen molar-refractivity contribution in [2.24, 2.45) is 5.73 Å². The Bertz CT molecular complexity index is 346. The number of para-hydroxylation sites is 1. The van der Waals surface area contributed by atoms with Gasteiger partial charge in [0.05, 0.1) is 6.61 Å². The lowest BCUT2D eigenvalue weighted by molar-refractivity contribution is 0.202. The van der Waals surface area contributed by atoms with E-state index in [9.17, 15) is 0 Å². The third-order valence-electron chi connectivity index (χ3n) is 3.30. The fraction of sp³-hybridized carbons (Fsp3) is 0.571. The maximum atomic E-state index is 5.92. The Balaban J connectivity index is 1.98. The number of rotatable bonds is 4. The molecule has 0 bridgehead atoms. The number of nitrogens with two attached hydrogens (primary N) is 1. The number of likely N-dealkylation sites (tertiary alicyclic amines) is 1. The highest BCUT2D eigenvalue weighted by molar-refractivity contribution is 5.33. The zero-order valence-corrected chi connectivity index (χ0v) is 10.6. The van der Waals surface area contributed by atoms with Crippen molar-refractivity contribution in [3.05, 3.63) is 29.8 Å². The minimum absolute atomic E-state index is 0.397. The van der Waals surface area contributed by atoms with Crippen LogP contribution in [0.4, 0.5) is 0 Å². The zero-order chi connectivity index (χ0) is 12.1. The highest BCUT2D eigenvalue weighted by Crippen LogP contribution is 2.21. The van der Waals surface area contributed by atoms with E-state index in [0.29, 0.717) is 6.04 Å². The van der Waals surface area contributed by atoms with E-state index in [2.05, 4.69) is 23.1 Å². The van der Waals surface area contributed by atoms with E-state index in [-0.39, 0.29) is 0 Å². The van der Waals surface area contributed by atoms with E-state index in [1.165, 1.54) is 5.56 Å². The molecular formula is C14H22N2O. The van der Waals surface area contributed by atoms with Crippen molar-refractivity contribution in [2.45, 2.75) is 32.4 Å². The van der Waals surface area contributed by atoms with Gasteiger partial charge in [-0.1, -0.05) is 18.2 Å². The molecule has 0 atom stereocenters. The summed E-state index contributed by atoms with van der Waals surface area (Å²) in [7, 11) is 0. The molecule has 0 unspecified atom stereocenters. The number of hydrogen-bond donors (Lipinski definition) is 1. The lowest BCUT2D eigenvalue weighted by Gasteiger charge is -2.30. The van der Waals surface area contributed by atoms with E-state index in [1.807, 2.05) is 13.0 Å². The van der Waals surface area contributed by atoms with Gasteiger partial charge in [-0.25, -0.2) is 0 Å². The van der Waals surface area contributed by atoms with Gasteiger partial charge in [0.25, 0.3) is 0 Å². The van der Waals surface area contributed by atoms with Gasteiger partial charge in [0.1, 0.15) is 5.75 Å². The van der Waals surface area contributed by atoms with E-state index in [0.717, 1.165) is 44.8 Å². The van der Waals surface area contributed by atoms with Crippen LogP contribution in [0.2, 0.25) is 0 Å². The largest absolute Gasteiger partial charge is 0.494 e. The second kappa shape index (κ2) is 6.03. The lowest BCUT2D eigenvalue weighted by Crippen LogP contribution is -2.39.